The zero-order chi connectivity index (χ0) is 13.8. The van der Waals surface area contributed by atoms with Crippen molar-refractivity contribution in [3.8, 4) is 11.1 Å². The lowest BCUT2D eigenvalue weighted by Gasteiger charge is -2.16. The molecule has 100 valence electrons. The molecule has 0 saturated carbocycles. The Morgan fingerprint density at radius 3 is 1.74 bits per heavy atom. The lowest BCUT2D eigenvalue weighted by Crippen LogP contribution is -1.98. The lowest BCUT2D eigenvalue weighted by molar-refractivity contribution is 1.05. The molecular weight excluding hydrogens is 230 g/mol. The number of hydrogen-bond donors (Lipinski definition) is 1. The van der Waals surface area contributed by atoms with E-state index in [0.717, 1.165) is 24.9 Å². The van der Waals surface area contributed by atoms with E-state index < -0.39 is 0 Å². The predicted molar refractivity (Wildman–Crippen MR) is 84.4 cm³/mol. The van der Waals surface area contributed by atoms with Gasteiger partial charge in [-0.05, 0) is 59.2 Å². The Morgan fingerprint density at radius 1 is 0.789 bits per heavy atom. The molecule has 0 amide bonds. The minimum Gasteiger partial charge on any atom is -0.399 e. The zero-order valence-electron chi connectivity index (χ0n) is 12.2. The Kier molecular flexibility index (Phi) is 4.26. The third kappa shape index (κ3) is 2.81. The molecule has 2 rings (SSSR count). The van der Waals surface area contributed by atoms with Crippen LogP contribution in [0.3, 0.4) is 0 Å². The van der Waals surface area contributed by atoms with Gasteiger partial charge in [0, 0.05) is 5.69 Å². The molecule has 1 heteroatoms. The minimum absolute atomic E-state index is 0.824. The molecule has 0 bridgehead atoms. The summed E-state index contributed by atoms with van der Waals surface area (Å²) in [6.45, 7) is 6.68. The number of hydrogen-bond acceptors (Lipinski definition) is 1. The van der Waals surface area contributed by atoms with Crippen LogP contribution < -0.4 is 5.73 Å². The molecule has 2 aromatic rings. The second kappa shape index (κ2) is 5.92. The summed E-state index contributed by atoms with van der Waals surface area (Å²) in [6, 6.07) is 12.9. The van der Waals surface area contributed by atoms with Gasteiger partial charge >= 0.3 is 0 Å². The molecule has 2 aromatic carbocycles. The quantitative estimate of drug-likeness (QED) is 0.790. The number of nitrogens with two attached hydrogens (primary N) is 1. The van der Waals surface area contributed by atoms with Gasteiger partial charge in [0.1, 0.15) is 0 Å². The summed E-state index contributed by atoms with van der Waals surface area (Å²) in [5.74, 6) is 0. The summed E-state index contributed by atoms with van der Waals surface area (Å²) in [6.07, 6.45) is 3.24. The molecule has 0 aliphatic rings. The third-order valence-corrected chi connectivity index (χ3v) is 3.73. The summed E-state index contributed by atoms with van der Waals surface area (Å²) in [7, 11) is 0. The molecule has 0 aliphatic heterocycles. The van der Waals surface area contributed by atoms with Crippen molar-refractivity contribution in [1.29, 1.82) is 0 Å². The highest BCUT2D eigenvalue weighted by Gasteiger charge is 2.10. The molecule has 2 N–H and O–H groups in total. The van der Waals surface area contributed by atoms with Crippen molar-refractivity contribution in [2.24, 2.45) is 0 Å². The van der Waals surface area contributed by atoms with Crippen molar-refractivity contribution >= 4 is 5.69 Å². The molecular formula is C18H23N. The van der Waals surface area contributed by atoms with Crippen molar-refractivity contribution in [1.82, 2.24) is 0 Å². The average molecular weight is 253 g/mol. The highest BCUT2D eigenvalue weighted by molar-refractivity contribution is 5.73. The van der Waals surface area contributed by atoms with Gasteiger partial charge in [-0.25, -0.2) is 0 Å². The van der Waals surface area contributed by atoms with Gasteiger partial charge in [-0.3, -0.25) is 0 Å². The predicted octanol–water partition coefficient (Wildman–Crippen LogP) is 4.62. The summed E-state index contributed by atoms with van der Waals surface area (Å²) in [5, 5.41) is 0. The SMILES string of the molecule is CCc1cc(CC)c(-c2ccc(N)cc2)c(CC)c1. The fraction of sp³-hybridized carbons (Fsp3) is 0.333. The number of nitrogen functional groups attached to an aromatic ring is 1. The topological polar surface area (TPSA) is 26.0 Å². The molecule has 0 saturated heterocycles. The van der Waals surface area contributed by atoms with Gasteiger partial charge < -0.3 is 5.73 Å². The van der Waals surface area contributed by atoms with E-state index in [9.17, 15) is 0 Å². The number of aryl methyl sites for hydroxylation is 3. The second-order valence-electron chi connectivity index (χ2n) is 4.97. The normalized spacial score (nSPS) is 10.7. The summed E-state index contributed by atoms with van der Waals surface area (Å²) < 4.78 is 0. The molecule has 0 aliphatic carbocycles. The van der Waals surface area contributed by atoms with Crippen LogP contribution in [-0.4, -0.2) is 0 Å². The third-order valence-electron chi connectivity index (χ3n) is 3.73. The van der Waals surface area contributed by atoms with Crippen molar-refractivity contribution < 1.29 is 0 Å². The Morgan fingerprint density at radius 2 is 1.32 bits per heavy atom. The first-order valence-corrected chi connectivity index (χ1v) is 7.20. The van der Waals surface area contributed by atoms with Crippen LogP contribution in [0.5, 0.6) is 0 Å². The van der Waals surface area contributed by atoms with E-state index >= 15 is 0 Å². The van der Waals surface area contributed by atoms with Gasteiger partial charge in [0.25, 0.3) is 0 Å². The fourth-order valence-electron chi connectivity index (χ4n) is 2.62. The van der Waals surface area contributed by atoms with Crippen LogP contribution >= 0.6 is 0 Å². The van der Waals surface area contributed by atoms with Gasteiger partial charge in [-0.15, -0.1) is 0 Å². The van der Waals surface area contributed by atoms with E-state index in [2.05, 4.69) is 45.0 Å². The molecule has 0 heterocycles. The second-order valence-corrected chi connectivity index (χ2v) is 4.97. The van der Waals surface area contributed by atoms with Crippen LogP contribution in [0.4, 0.5) is 5.69 Å². The Hall–Kier alpha value is -1.76. The molecule has 0 unspecified atom stereocenters. The van der Waals surface area contributed by atoms with Crippen LogP contribution in [0.25, 0.3) is 11.1 Å². The van der Waals surface area contributed by atoms with Crippen molar-refractivity contribution in [3.63, 3.8) is 0 Å². The summed E-state index contributed by atoms with van der Waals surface area (Å²) in [5.41, 5.74) is 13.6. The van der Waals surface area contributed by atoms with E-state index in [1.165, 1.54) is 27.8 Å². The van der Waals surface area contributed by atoms with E-state index in [0.29, 0.717) is 0 Å². The van der Waals surface area contributed by atoms with Crippen molar-refractivity contribution in [2.45, 2.75) is 40.0 Å². The smallest absolute Gasteiger partial charge is 0.0314 e. The van der Waals surface area contributed by atoms with Crippen molar-refractivity contribution in [2.75, 3.05) is 5.73 Å². The van der Waals surface area contributed by atoms with Crippen LogP contribution in [0, 0.1) is 0 Å². The van der Waals surface area contributed by atoms with Crippen LogP contribution in [0.2, 0.25) is 0 Å². The van der Waals surface area contributed by atoms with Crippen LogP contribution in [0.1, 0.15) is 37.5 Å². The van der Waals surface area contributed by atoms with Crippen LogP contribution in [0.15, 0.2) is 36.4 Å². The van der Waals surface area contributed by atoms with Crippen LogP contribution in [-0.2, 0) is 19.3 Å². The summed E-state index contributed by atoms with van der Waals surface area (Å²) >= 11 is 0. The van der Waals surface area contributed by atoms with Gasteiger partial charge in [0.05, 0.1) is 0 Å². The molecule has 1 nitrogen and oxygen atoms in total. The molecule has 0 spiro atoms. The molecule has 19 heavy (non-hydrogen) atoms. The zero-order valence-corrected chi connectivity index (χ0v) is 12.2. The van der Waals surface area contributed by atoms with E-state index in [1.807, 2.05) is 12.1 Å². The lowest BCUT2D eigenvalue weighted by atomic mass is 9.89. The molecule has 0 atom stereocenters. The Labute approximate surface area is 116 Å². The summed E-state index contributed by atoms with van der Waals surface area (Å²) in [4.78, 5) is 0. The maximum absolute atomic E-state index is 5.79. The first kappa shape index (κ1) is 13.7. The maximum atomic E-state index is 5.79. The Balaban J connectivity index is 2.63. The standard InChI is InChI=1S/C18H23N/c1-4-13-11-14(5-2)18(15(6-3)12-13)16-7-9-17(19)10-8-16/h7-12H,4-6,19H2,1-3H3. The number of benzene rings is 2. The van der Waals surface area contributed by atoms with Crippen molar-refractivity contribution in [3.05, 3.63) is 53.1 Å². The highest BCUT2D eigenvalue weighted by Crippen LogP contribution is 2.31. The average Bonchev–Trinajstić information content (AvgIpc) is 2.46. The molecule has 0 fully saturated rings. The molecule has 0 aromatic heterocycles. The van der Waals surface area contributed by atoms with E-state index in [4.69, 9.17) is 5.73 Å². The fourth-order valence-corrected chi connectivity index (χ4v) is 2.62. The highest BCUT2D eigenvalue weighted by atomic mass is 14.5. The monoisotopic (exact) mass is 253 g/mol. The van der Waals surface area contributed by atoms with E-state index in [1.54, 1.807) is 0 Å². The number of anilines is 1. The van der Waals surface area contributed by atoms with Gasteiger partial charge in [0.15, 0.2) is 0 Å². The Bertz CT molecular complexity index is 527. The first-order chi connectivity index (χ1) is 9.19. The van der Waals surface area contributed by atoms with Gasteiger partial charge in [-0.1, -0.05) is 45.0 Å². The first-order valence-electron chi connectivity index (χ1n) is 7.20. The number of rotatable bonds is 4. The van der Waals surface area contributed by atoms with E-state index in [-0.39, 0.29) is 0 Å². The largest absolute Gasteiger partial charge is 0.399 e. The van der Waals surface area contributed by atoms with Gasteiger partial charge in [-0.2, -0.15) is 0 Å². The van der Waals surface area contributed by atoms with Gasteiger partial charge in [0.2, 0.25) is 0 Å². The maximum Gasteiger partial charge on any atom is 0.0314 e. The minimum atomic E-state index is 0.824. The molecule has 0 radical (unpaired) electrons.